The van der Waals surface area contributed by atoms with Crippen molar-refractivity contribution in [3.8, 4) is 0 Å². The second-order valence-electron chi connectivity index (χ2n) is 4.42. The summed E-state index contributed by atoms with van der Waals surface area (Å²) in [5, 5.41) is 2.72. The van der Waals surface area contributed by atoms with Gasteiger partial charge in [-0.05, 0) is 42.8 Å². The molecule has 0 spiro atoms. The Hall–Kier alpha value is -2.82. The maximum absolute atomic E-state index is 12.2. The number of nitrogen functional groups attached to an aromatic ring is 1. The summed E-state index contributed by atoms with van der Waals surface area (Å²) < 4.78 is 0. The third-order valence-electron chi connectivity index (χ3n) is 3.03. The highest BCUT2D eigenvalue weighted by Gasteiger charge is 2.11. The lowest BCUT2D eigenvalue weighted by Gasteiger charge is -2.09. The zero-order valence-corrected chi connectivity index (χ0v) is 11.0. The van der Waals surface area contributed by atoms with Crippen LogP contribution in [0.3, 0.4) is 0 Å². The van der Waals surface area contributed by atoms with Crippen LogP contribution in [0.15, 0.2) is 42.5 Å². The van der Waals surface area contributed by atoms with Gasteiger partial charge >= 0.3 is 0 Å². The fourth-order valence-corrected chi connectivity index (χ4v) is 1.85. The quantitative estimate of drug-likeness (QED) is 0.742. The normalized spacial score (nSPS) is 10.1. The van der Waals surface area contributed by atoms with E-state index in [1.165, 1.54) is 6.07 Å². The van der Waals surface area contributed by atoms with Crippen molar-refractivity contribution in [2.75, 3.05) is 11.1 Å². The van der Waals surface area contributed by atoms with Crippen molar-refractivity contribution in [2.45, 2.75) is 6.92 Å². The Kier molecular flexibility index (Phi) is 3.70. The molecule has 0 aliphatic heterocycles. The number of amides is 2. The third-order valence-corrected chi connectivity index (χ3v) is 3.03. The van der Waals surface area contributed by atoms with Crippen LogP contribution in [-0.2, 0) is 0 Å². The third kappa shape index (κ3) is 2.77. The van der Waals surface area contributed by atoms with E-state index in [4.69, 9.17) is 11.5 Å². The van der Waals surface area contributed by atoms with Crippen molar-refractivity contribution in [3.63, 3.8) is 0 Å². The molecular weight excluding hydrogens is 254 g/mol. The molecule has 5 nitrogen and oxygen atoms in total. The monoisotopic (exact) mass is 269 g/mol. The van der Waals surface area contributed by atoms with Gasteiger partial charge in [-0.15, -0.1) is 0 Å². The molecule has 2 amide bonds. The highest BCUT2D eigenvalue weighted by molar-refractivity contribution is 6.06. The molecule has 5 N–H and O–H groups in total. The van der Waals surface area contributed by atoms with E-state index in [9.17, 15) is 9.59 Å². The number of anilines is 2. The molecule has 0 aliphatic carbocycles. The molecule has 0 aliphatic rings. The number of hydrogen-bond donors (Lipinski definition) is 3. The van der Waals surface area contributed by atoms with Crippen LogP contribution in [0.4, 0.5) is 11.4 Å². The number of hydrogen-bond acceptors (Lipinski definition) is 3. The Bertz CT molecular complexity index is 681. The molecule has 2 aromatic rings. The molecule has 0 atom stereocenters. The van der Waals surface area contributed by atoms with E-state index in [1.54, 1.807) is 43.3 Å². The topological polar surface area (TPSA) is 98.2 Å². The van der Waals surface area contributed by atoms with Gasteiger partial charge in [0, 0.05) is 22.5 Å². The first-order valence-electron chi connectivity index (χ1n) is 6.05. The van der Waals surface area contributed by atoms with Gasteiger partial charge in [0.1, 0.15) is 0 Å². The smallest absolute Gasteiger partial charge is 0.256 e. The standard InChI is InChI=1S/C15H15N3O2/c1-9-12(6-3-7-13(9)16)15(20)18-11-5-2-4-10(8-11)14(17)19/h2-8H,16H2,1H3,(H2,17,19)(H,18,20). The summed E-state index contributed by atoms with van der Waals surface area (Å²) in [6, 6.07) is 11.6. The molecule has 2 aromatic carbocycles. The Balaban J connectivity index is 2.26. The first-order chi connectivity index (χ1) is 9.49. The largest absolute Gasteiger partial charge is 0.398 e. The first kappa shape index (κ1) is 13.6. The van der Waals surface area contributed by atoms with Gasteiger partial charge in [-0.1, -0.05) is 12.1 Å². The first-order valence-corrected chi connectivity index (χ1v) is 6.05. The Labute approximate surface area is 116 Å². The number of nitrogens with one attached hydrogen (secondary N) is 1. The van der Waals surface area contributed by atoms with Crippen molar-refractivity contribution < 1.29 is 9.59 Å². The summed E-state index contributed by atoms with van der Waals surface area (Å²) in [5.41, 5.74) is 13.6. The molecule has 102 valence electrons. The molecule has 0 heterocycles. The number of carbonyl (C=O) groups is 2. The SMILES string of the molecule is Cc1c(N)cccc1C(=O)Nc1cccc(C(N)=O)c1. The molecular formula is C15H15N3O2. The van der Waals surface area contributed by atoms with Gasteiger partial charge in [-0.2, -0.15) is 0 Å². The molecule has 2 rings (SSSR count). The second kappa shape index (κ2) is 5.44. The van der Waals surface area contributed by atoms with Crippen LogP contribution in [0.25, 0.3) is 0 Å². The van der Waals surface area contributed by atoms with E-state index in [2.05, 4.69) is 5.32 Å². The lowest BCUT2D eigenvalue weighted by molar-refractivity contribution is 0.0996. The lowest BCUT2D eigenvalue weighted by Crippen LogP contribution is -2.15. The van der Waals surface area contributed by atoms with Gasteiger partial charge in [-0.25, -0.2) is 0 Å². The summed E-state index contributed by atoms with van der Waals surface area (Å²) >= 11 is 0. The van der Waals surface area contributed by atoms with E-state index in [0.717, 1.165) is 5.56 Å². The summed E-state index contributed by atoms with van der Waals surface area (Å²) in [6.45, 7) is 1.78. The van der Waals surface area contributed by atoms with Crippen LogP contribution in [-0.4, -0.2) is 11.8 Å². The Morgan fingerprint density at radius 1 is 1.10 bits per heavy atom. The fourth-order valence-electron chi connectivity index (χ4n) is 1.85. The highest BCUT2D eigenvalue weighted by Crippen LogP contribution is 2.18. The zero-order chi connectivity index (χ0) is 14.7. The Morgan fingerprint density at radius 2 is 1.80 bits per heavy atom. The molecule has 5 heteroatoms. The van der Waals surface area contributed by atoms with Gasteiger partial charge in [0.15, 0.2) is 0 Å². The van der Waals surface area contributed by atoms with Gasteiger partial charge in [0.05, 0.1) is 0 Å². The number of rotatable bonds is 3. The predicted molar refractivity (Wildman–Crippen MR) is 78.5 cm³/mol. The average molecular weight is 269 g/mol. The molecule has 0 saturated carbocycles. The zero-order valence-electron chi connectivity index (χ0n) is 11.0. The van der Waals surface area contributed by atoms with Crippen LogP contribution >= 0.6 is 0 Å². The maximum Gasteiger partial charge on any atom is 0.256 e. The van der Waals surface area contributed by atoms with Crippen molar-refractivity contribution in [1.29, 1.82) is 0 Å². The lowest BCUT2D eigenvalue weighted by atomic mass is 10.1. The van der Waals surface area contributed by atoms with Crippen LogP contribution in [0.2, 0.25) is 0 Å². The molecule has 0 fully saturated rings. The molecule has 20 heavy (non-hydrogen) atoms. The summed E-state index contributed by atoms with van der Waals surface area (Å²) in [6.07, 6.45) is 0. The van der Waals surface area contributed by atoms with Crippen molar-refractivity contribution in [3.05, 3.63) is 59.2 Å². The summed E-state index contributed by atoms with van der Waals surface area (Å²) in [7, 11) is 0. The highest BCUT2D eigenvalue weighted by atomic mass is 16.2. The van der Waals surface area contributed by atoms with Crippen LogP contribution in [0.5, 0.6) is 0 Å². The second-order valence-corrected chi connectivity index (χ2v) is 4.42. The van der Waals surface area contributed by atoms with Crippen molar-refractivity contribution in [2.24, 2.45) is 5.73 Å². The number of primary amides is 1. The number of benzene rings is 2. The van der Waals surface area contributed by atoms with E-state index in [0.29, 0.717) is 22.5 Å². The minimum absolute atomic E-state index is 0.281. The predicted octanol–water partition coefficient (Wildman–Crippen LogP) is 1.93. The molecule has 0 aromatic heterocycles. The van der Waals surface area contributed by atoms with E-state index in [1.807, 2.05) is 0 Å². The van der Waals surface area contributed by atoms with E-state index < -0.39 is 5.91 Å². The molecule has 0 radical (unpaired) electrons. The molecule has 0 saturated heterocycles. The fraction of sp³-hybridized carbons (Fsp3) is 0.0667. The van der Waals surface area contributed by atoms with Crippen LogP contribution in [0.1, 0.15) is 26.3 Å². The molecule has 0 bridgehead atoms. The van der Waals surface area contributed by atoms with E-state index in [-0.39, 0.29) is 5.91 Å². The van der Waals surface area contributed by atoms with Gasteiger partial charge in [0.2, 0.25) is 5.91 Å². The van der Waals surface area contributed by atoms with Crippen LogP contribution in [0, 0.1) is 6.92 Å². The Morgan fingerprint density at radius 3 is 2.50 bits per heavy atom. The minimum Gasteiger partial charge on any atom is -0.398 e. The number of carbonyl (C=O) groups excluding carboxylic acids is 2. The van der Waals surface area contributed by atoms with Gasteiger partial charge in [-0.3, -0.25) is 9.59 Å². The maximum atomic E-state index is 12.2. The van der Waals surface area contributed by atoms with Crippen LogP contribution < -0.4 is 16.8 Å². The number of nitrogens with two attached hydrogens (primary N) is 2. The average Bonchev–Trinajstić information content (AvgIpc) is 2.42. The molecule has 0 unspecified atom stereocenters. The van der Waals surface area contributed by atoms with Gasteiger partial charge in [0.25, 0.3) is 5.91 Å². The minimum atomic E-state index is -0.541. The van der Waals surface area contributed by atoms with Crippen molar-refractivity contribution >= 4 is 23.2 Å². The summed E-state index contributed by atoms with van der Waals surface area (Å²) in [4.78, 5) is 23.3. The van der Waals surface area contributed by atoms with E-state index >= 15 is 0 Å². The van der Waals surface area contributed by atoms with Crippen molar-refractivity contribution in [1.82, 2.24) is 0 Å². The summed E-state index contributed by atoms with van der Waals surface area (Å²) in [5.74, 6) is -0.822. The van der Waals surface area contributed by atoms with Gasteiger partial charge < -0.3 is 16.8 Å².